The first kappa shape index (κ1) is 14.2. The number of nitrogens with zero attached hydrogens (tertiary/aromatic N) is 3. The minimum Gasteiger partial charge on any atom is -0.497 e. The Kier molecular flexibility index (Phi) is 3.99. The Morgan fingerprint density at radius 2 is 2.00 bits per heavy atom. The lowest BCUT2D eigenvalue weighted by molar-refractivity contribution is 0.414. The van der Waals surface area contributed by atoms with Gasteiger partial charge in [-0.05, 0) is 23.8 Å². The van der Waals surface area contributed by atoms with Crippen molar-refractivity contribution in [3.8, 4) is 5.75 Å². The quantitative estimate of drug-likeness (QED) is 0.684. The van der Waals surface area contributed by atoms with Crippen LogP contribution in [0.1, 0.15) is 11.4 Å². The molecule has 0 saturated heterocycles. The molecule has 0 radical (unpaired) electrons. The highest BCUT2D eigenvalue weighted by atomic mass is 35.5. The monoisotopic (exact) mass is 321 g/mol. The third-order valence-corrected chi connectivity index (χ3v) is 3.70. The molecule has 0 atom stereocenters. The number of imidazole rings is 1. The number of fused-ring (bicyclic) bond motifs is 1. The first-order chi connectivity index (χ1) is 10.2. The number of methoxy groups -OCH3 is 1. The van der Waals surface area contributed by atoms with Gasteiger partial charge in [0.25, 0.3) is 0 Å². The van der Waals surface area contributed by atoms with E-state index in [0.717, 1.165) is 28.3 Å². The third-order valence-electron chi connectivity index (χ3n) is 3.25. The first-order valence-electron chi connectivity index (χ1n) is 6.41. The van der Waals surface area contributed by atoms with Crippen molar-refractivity contribution < 1.29 is 4.74 Å². The van der Waals surface area contributed by atoms with Crippen LogP contribution in [0, 0.1) is 0 Å². The molecule has 0 aliphatic carbocycles. The van der Waals surface area contributed by atoms with Crippen molar-refractivity contribution in [2.24, 2.45) is 0 Å². The maximum absolute atomic E-state index is 5.99. The molecule has 0 amide bonds. The fourth-order valence-corrected chi connectivity index (χ4v) is 2.57. The molecule has 2 heterocycles. The summed E-state index contributed by atoms with van der Waals surface area (Å²) in [4.78, 5) is 8.85. The van der Waals surface area contributed by atoms with Crippen LogP contribution in [0.15, 0.2) is 36.5 Å². The van der Waals surface area contributed by atoms with E-state index in [4.69, 9.17) is 27.9 Å². The van der Waals surface area contributed by atoms with Gasteiger partial charge in [-0.1, -0.05) is 23.7 Å². The summed E-state index contributed by atoms with van der Waals surface area (Å²) in [7, 11) is 1.65. The molecular formula is C15H13Cl2N3O. The molecule has 0 N–H and O–H groups in total. The molecule has 0 aliphatic heterocycles. The molecule has 1 aromatic carbocycles. The van der Waals surface area contributed by atoms with E-state index in [1.54, 1.807) is 19.4 Å². The fourth-order valence-electron chi connectivity index (χ4n) is 2.21. The lowest BCUT2D eigenvalue weighted by Gasteiger charge is -2.08. The largest absolute Gasteiger partial charge is 0.497 e. The van der Waals surface area contributed by atoms with Crippen LogP contribution in [0.25, 0.3) is 11.2 Å². The zero-order valence-electron chi connectivity index (χ0n) is 11.4. The number of aromatic nitrogens is 3. The van der Waals surface area contributed by atoms with Gasteiger partial charge in [-0.25, -0.2) is 9.97 Å². The number of hydrogen-bond donors (Lipinski definition) is 0. The summed E-state index contributed by atoms with van der Waals surface area (Å²) in [6, 6.07) is 9.68. The van der Waals surface area contributed by atoms with Crippen molar-refractivity contribution in [3.63, 3.8) is 0 Å². The second kappa shape index (κ2) is 5.92. The SMILES string of the molecule is COc1ccc(Cn2c(CCl)nc3cc(Cl)cnc32)cc1. The van der Waals surface area contributed by atoms with Crippen molar-refractivity contribution in [1.29, 1.82) is 0 Å². The predicted octanol–water partition coefficient (Wildman–Crippen LogP) is 3.88. The Morgan fingerprint density at radius 3 is 2.67 bits per heavy atom. The molecule has 0 bridgehead atoms. The minimum absolute atomic E-state index is 0.324. The Labute approximate surface area is 132 Å². The number of halogens is 2. The Morgan fingerprint density at radius 1 is 1.24 bits per heavy atom. The maximum Gasteiger partial charge on any atom is 0.160 e. The summed E-state index contributed by atoms with van der Waals surface area (Å²) in [5, 5.41) is 0.567. The molecular weight excluding hydrogens is 309 g/mol. The highest BCUT2D eigenvalue weighted by molar-refractivity contribution is 6.31. The van der Waals surface area contributed by atoms with E-state index < -0.39 is 0 Å². The van der Waals surface area contributed by atoms with Crippen molar-refractivity contribution >= 4 is 34.4 Å². The van der Waals surface area contributed by atoms with Crippen molar-refractivity contribution in [2.45, 2.75) is 12.4 Å². The minimum atomic E-state index is 0.324. The highest BCUT2D eigenvalue weighted by Crippen LogP contribution is 2.21. The summed E-state index contributed by atoms with van der Waals surface area (Å²) < 4.78 is 7.17. The van der Waals surface area contributed by atoms with Crippen LogP contribution >= 0.6 is 23.2 Å². The van der Waals surface area contributed by atoms with Crippen LogP contribution in [0.2, 0.25) is 5.02 Å². The van der Waals surface area contributed by atoms with E-state index >= 15 is 0 Å². The zero-order chi connectivity index (χ0) is 14.8. The number of alkyl halides is 1. The van der Waals surface area contributed by atoms with Crippen molar-refractivity contribution in [1.82, 2.24) is 14.5 Å². The Balaban J connectivity index is 2.01. The van der Waals surface area contributed by atoms with Gasteiger partial charge in [-0.2, -0.15) is 0 Å². The van der Waals surface area contributed by atoms with Gasteiger partial charge in [-0.3, -0.25) is 0 Å². The van der Waals surface area contributed by atoms with E-state index in [1.807, 2.05) is 28.8 Å². The second-order valence-electron chi connectivity index (χ2n) is 4.59. The van der Waals surface area contributed by atoms with Crippen LogP contribution in [0.4, 0.5) is 0 Å². The molecule has 21 heavy (non-hydrogen) atoms. The molecule has 3 rings (SSSR count). The van der Waals surface area contributed by atoms with Gasteiger partial charge >= 0.3 is 0 Å². The maximum atomic E-state index is 5.99. The van der Waals surface area contributed by atoms with E-state index in [1.165, 1.54) is 0 Å². The fraction of sp³-hybridized carbons (Fsp3) is 0.200. The van der Waals surface area contributed by atoms with E-state index in [-0.39, 0.29) is 0 Å². The molecule has 3 aromatic rings. The summed E-state index contributed by atoms with van der Waals surface area (Å²) >= 11 is 12.0. The molecule has 0 aliphatic rings. The van der Waals surface area contributed by atoms with E-state index in [0.29, 0.717) is 17.4 Å². The summed E-state index contributed by atoms with van der Waals surface area (Å²) in [6.07, 6.45) is 1.62. The number of ether oxygens (including phenoxy) is 1. The molecule has 0 unspecified atom stereocenters. The molecule has 0 saturated carbocycles. The van der Waals surface area contributed by atoms with Gasteiger partial charge in [0.05, 0.1) is 24.6 Å². The van der Waals surface area contributed by atoms with Crippen LogP contribution in [-0.4, -0.2) is 21.6 Å². The van der Waals surface area contributed by atoms with Gasteiger partial charge < -0.3 is 9.30 Å². The van der Waals surface area contributed by atoms with Gasteiger partial charge in [0.15, 0.2) is 5.65 Å². The number of hydrogen-bond acceptors (Lipinski definition) is 3. The zero-order valence-corrected chi connectivity index (χ0v) is 12.9. The van der Waals surface area contributed by atoms with Crippen molar-refractivity contribution in [3.05, 3.63) is 52.9 Å². The number of pyridine rings is 1. The topological polar surface area (TPSA) is 39.9 Å². The molecule has 0 spiro atoms. The van der Waals surface area contributed by atoms with Gasteiger partial charge in [0.1, 0.15) is 17.1 Å². The van der Waals surface area contributed by atoms with Crippen LogP contribution in [0.5, 0.6) is 5.75 Å². The van der Waals surface area contributed by atoms with Crippen LogP contribution in [-0.2, 0) is 12.4 Å². The highest BCUT2D eigenvalue weighted by Gasteiger charge is 2.12. The molecule has 2 aromatic heterocycles. The third kappa shape index (κ3) is 2.82. The normalized spacial score (nSPS) is 11.0. The average molecular weight is 322 g/mol. The lowest BCUT2D eigenvalue weighted by atomic mass is 10.2. The smallest absolute Gasteiger partial charge is 0.160 e. The standard InChI is InChI=1S/C15H13Cl2N3O/c1-21-12-4-2-10(3-5-12)9-20-14(7-16)19-13-6-11(17)8-18-15(13)20/h2-6,8H,7,9H2,1H3. The van der Waals surface area contributed by atoms with Gasteiger partial charge in [0, 0.05) is 6.20 Å². The van der Waals surface area contributed by atoms with Gasteiger partial charge in [0.2, 0.25) is 0 Å². The first-order valence-corrected chi connectivity index (χ1v) is 7.32. The van der Waals surface area contributed by atoms with Crippen LogP contribution in [0.3, 0.4) is 0 Å². The second-order valence-corrected chi connectivity index (χ2v) is 5.30. The summed E-state index contributed by atoms with van der Waals surface area (Å²) in [6.45, 7) is 0.650. The lowest BCUT2D eigenvalue weighted by Crippen LogP contribution is -2.04. The van der Waals surface area contributed by atoms with Crippen LogP contribution < -0.4 is 4.74 Å². The molecule has 4 nitrogen and oxygen atoms in total. The van der Waals surface area contributed by atoms with E-state index in [9.17, 15) is 0 Å². The van der Waals surface area contributed by atoms with E-state index in [2.05, 4.69) is 9.97 Å². The average Bonchev–Trinajstić information content (AvgIpc) is 2.85. The predicted molar refractivity (Wildman–Crippen MR) is 84.2 cm³/mol. The molecule has 6 heteroatoms. The Bertz CT molecular complexity index is 768. The van der Waals surface area contributed by atoms with Crippen molar-refractivity contribution in [2.75, 3.05) is 7.11 Å². The summed E-state index contributed by atoms with van der Waals surface area (Å²) in [5.74, 6) is 1.93. The molecule has 0 fully saturated rings. The Hall–Kier alpha value is -1.78. The van der Waals surface area contributed by atoms with Gasteiger partial charge in [-0.15, -0.1) is 11.6 Å². The number of benzene rings is 1. The number of rotatable bonds is 4. The molecule has 108 valence electrons. The summed E-state index contributed by atoms with van der Waals surface area (Å²) in [5.41, 5.74) is 2.66.